The van der Waals surface area contributed by atoms with Crippen LogP contribution in [0.1, 0.15) is 25.0 Å². The Morgan fingerprint density at radius 2 is 1.24 bits per heavy atom. The van der Waals surface area contributed by atoms with Gasteiger partial charge in [0.15, 0.2) is 0 Å². The molecular formula is C43H29N3. The summed E-state index contributed by atoms with van der Waals surface area (Å²) in [7, 11) is 0. The van der Waals surface area contributed by atoms with Crippen LogP contribution in [-0.2, 0) is 5.41 Å². The number of fused-ring (bicyclic) bond motifs is 8. The van der Waals surface area contributed by atoms with E-state index in [0.29, 0.717) is 5.95 Å². The Labute approximate surface area is 266 Å². The average molecular weight is 588 g/mol. The molecule has 1 aliphatic rings. The topological polar surface area (TPSA) is 30.7 Å². The van der Waals surface area contributed by atoms with Crippen molar-refractivity contribution in [2.24, 2.45) is 0 Å². The van der Waals surface area contributed by atoms with Crippen LogP contribution in [0.2, 0.25) is 0 Å². The molecule has 3 nitrogen and oxygen atoms in total. The Kier molecular flexibility index (Phi) is 5.06. The van der Waals surface area contributed by atoms with Gasteiger partial charge in [0.2, 0.25) is 5.95 Å². The van der Waals surface area contributed by atoms with Gasteiger partial charge in [0, 0.05) is 32.7 Å². The van der Waals surface area contributed by atoms with E-state index in [1.165, 1.54) is 54.6 Å². The SMILES string of the molecule is CC1(C)c2ccccc2-c2c3c1cccc3cc1c2c2ccccc2n1-c1nc(-c2ccc3ccccc3c2)c2ccccc2n1. The van der Waals surface area contributed by atoms with Crippen LogP contribution in [-0.4, -0.2) is 14.5 Å². The van der Waals surface area contributed by atoms with E-state index in [2.05, 4.69) is 158 Å². The lowest BCUT2D eigenvalue weighted by atomic mass is 9.68. The summed E-state index contributed by atoms with van der Waals surface area (Å²) < 4.78 is 2.28. The molecule has 2 aromatic heterocycles. The van der Waals surface area contributed by atoms with Gasteiger partial charge in [0.1, 0.15) is 0 Å². The molecule has 216 valence electrons. The third kappa shape index (κ3) is 3.37. The molecule has 9 aromatic rings. The van der Waals surface area contributed by atoms with Crippen molar-refractivity contribution in [2.45, 2.75) is 19.3 Å². The molecule has 0 N–H and O–H groups in total. The highest BCUT2D eigenvalue weighted by atomic mass is 15.2. The lowest BCUT2D eigenvalue weighted by Gasteiger charge is -2.35. The number of rotatable bonds is 2. The van der Waals surface area contributed by atoms with Crippen molar-refractivity contribution in [2.75, 3.05) is 0 Å². The summed E-state index contributed by atoms with van der Waals surface area (Å²) in [6, 6.07) is 50.3. The molecule has 0 atom stereocenters. The van der Waals surface area contributed by atoms with Crippen molar-refractivity contribution in [3.63, 3.8) is 0 Å². The first-order valence-corrected chi connectivity index (χ1v) is 15.9. The van der Waals surface area contributed by atoms with E-state index >= 15 is 0 Å². The van der Waals surface area contributed by atoms with Gasteiger partial charge in [-0.3, -0.25) is 4.57 Å². The third-order valence-electron chi connectivity index (χ3n) is 10.2. The van der Waals surface area contributed by atoms with Crippen molar-refractivity contribution in [1.29, 1.82) is 0 Å². The van der Waals surface area contributed by atoms with Gasteiger partial charge in [0.25, 0.3) is 0 Å². The van der Waals surface area contributed by atoms with E-state index in [1.807, 2.05) is 0 Å². The van der Waals surface area contributed by atoms with Crippen LogP contribution in [0, 0.1) is 0 Å². The summed E-state index contributed by atoms with van der Waals surface area (Å²) in [5.41, 5.74) is 10.4. The molecule has 0 fully saturated rings. The fourth-order valence-electron chi connectivity index (χ4n) is 8.02. The van der Waals surface area contributed by atoms with Gasteiger partial charge in [-0.05, 0) is 62.5 Å². The highest BCUT2D eigenvalue weighted by Crippen LogP contribution is 2.52. The molecule has 0 amide bonds. The fraction of sp³-hybridized carbons (Fsp3) is 0.0698. The van der Waals surface area contributed by atoms with E-state index in [1.54, 1.807) is 0 Å². The molecule has 2 heterocycles. The maximum absolute atomic E-state index is 5.41. The average Bonchev–Trinajstić information content (AvgIpc) is 3.43. The second-order valence-corrected chi connectivity index (χ2v) is 13.0. The van der Waals surface area contributed by atoms with Crippen LogP contribution in [0.15, 0.2) is 140 Å². The minimum Gasteiger partial charge on any atom is -0.278 e. The number of benzene rings is 7. The molecular weight excluding hydrogens is 558 g/mol. The molecule has 0 radical (unpaired) electrons. The van der Waals surface area contributed by atoms with Gasteiger partial charge in [0.05, 0.1) is 22.2 Å². The first-order valence-electron chi connectivity index (χ1n) is 15.9. The first kappa shape index (κ1) is 25.5. The summed E-state index contributed by atoms with van der Waals surface area (Å²) in [5.74, 6) is 0.681. The summed E-state index contributed by atoms with van der Waals surface area (Å²) >= 11 is 0. The van der Waals surface area contributed by atoms with Gasteiger partial charge < -0.3 is 0 Å². The molecule has 3 heteroatoms. The minimum absolute atomic E-state index is 0.106. The van der Waals surface area contributed by atoms with Gasteiger partial charge in [-0.1, -0.05) is 129 Å². The summed E-state index contributed by atoms with van der Waals surface area (Å²) in [6.45, 7) is 4.71. The van der Waals surface area contributed by atoms with Crippen LogP contribution in [0.5, 0.6) is 0 Å². The van der Waals surface area contributed by atoms with Gasteiger partial charge in [-0.2, -0.15) is 0 Å². The maximum Gasteiger partial charge on any atom is 0.235 e. The quantitative estimate of drug-likeness (QED) is 0.201. The first-order chi connectivity index (χ1) is 22.6. The monoisotopic (exact) mass is 587 g/mol. The smallest absolute Gasteiger partial charge is 0.235 e. The minimum atomic E-state index is -0.106. The summed E-state index contributed by atoms with van der Waals surface area (Å²) in [4.78, 5) is 10.7. The summed E-state index contributed by atoms with van der Waals surface area (Å²) in [6.07, 6.45) is 0. The number of nitrogens with zero attached hydrogens (tertiary/aromatic N) is 3. The molecule has 46 heavy (non-hydrogen) atoms. The van der Waals surface area contributed by atoms with E-state index in [-0.39, 0.29) is 5.41 Å². The zero-order chi connectivity index (χ0) is 30.6. The van der Waals surface area contributed by atoms with E-state index in [9.17, 15) is 0 Å². The van der Waals surface area contributed by atoms with Crippen LogP contribution in [0.25, 0.3) is 82.6 Å². The lowest BCUT2D eigenvalue weighted by Crippen LogP contribution is -2.23. The molecule has 10 rings (SSSR count). The Bertz CT molecular complexity index is 2730. The van der Waals surface area contributed by atoms with E-state index in [0.717, 1.165) is 33.2 Å². The Morgan fingerprint density at radius 3 is 2.15 bits per heavy atom. The fourth-order valence-corrected chi connectivity index (χ4v) is 8.02. The second kappa shape index (κ2) is 9.12. The van der Waals surface area contributed by atoms with Crippen LogP contribution >= 0.6 is 0 Å². The van der Waals surface area contributed by atoms with Crippen molar-refractivity contribution >= 4 is 54.3 Å². The van der Waals surface area contributed by atoms with Crippen molar-refractivity contribution in [3.05, 3.63) is 151 Å². The highest BCUT2D eigenvalue weighted by molar-refractivity contribution is 6.24. The number of para-hydroxylation sites is 2. The van der Waals surface area contributed by atoms with Crippen molar-refractivity contribution < 1.29 is 0 Å². The second-order valence-electron chi connectivity index (χ2n) is 13.0. The lowest BCUT2D eigenvalue weighted by molar-refractivity contribution is 0.645. The standard InChI is InChI=1S/C43H29N3/c1-43(2)33-18-8-5-15-30(33)40-38-28(14-11-19-34(38)43)25-37-39(40)32-17-7-10-21-36(32)46(37)42-44-35-20-9-6-16-31(35)41(45-42)29-23-22-26-12-3-4-13-27(26)24-29/h3-25H,1-2H3. The number of aromatic nitrogens is 3. The maximum atomic E-state index is 5.41. The predicted molar refractivity (Wildman–Crippen MR) is 192 cm³/mol. The highest BCUT2D eigenvalue weighted by Gasteiger charge is 2.35. The molecule has 0 bridgehead atoms. The van der Waals surface area contributed by atoms with Crippen molar-refractivity contribution in [3.8, 4) is 28.3 Å². The third-order valence-corrected chi connectivity index (χ3v) is 10.2. The van der Waals surface area contributed by atoms with Gasteiger partial charge in [-0.25, -0.2) is 9.97 Å². The van der Waals surface area contributed by atoms with Crippen molar-refractivity contribution in [1.82, 2.24) is 14.5 Å². The molecule has 1 aliphatic carbocycles. The predicted octanol–water partition coefficient (Wildman–Crippen LogP) is 11.0. The zero-order valence-electron chi connectivity index (χ0n) is 25.6. The normalized spacial score (nSPS) is 13.6. The molecule has 0 saturated heterocycles. The van der Waals surface area contributed by atoms with Crippen LogP contribution in [0.3, 0.4) is 0 Å². The number of hydrogen-bond acceptors (Lipinski definition) is 2. The van der Waals surface area contributed by atoms with Gasteiger partial charge in [-0.15, -0.1) is 0 Å². The van der Waals surface area contributed by atoms with Crippen LogP contribution < -0.4 is 0 Å². The summed E-state index contributed by atoms with van der Waals surface area (Å²) in [5, 5.41) is 8.51. The van der Waals surface area contributed by atoms with E-state index < -0.39 is 0 Å². The molecule has 0 unspecified atom stereocenters. The van der Waals surface area contributed by atoms with Gasteiger partial charge >= 0.3 is 0 Å². The Balaban J connectivity index is 1.36. The largest absolute Gasteiger partial charge is 0.278 e. The molecule has 0 aliphatic heterocycles. The molecule has 0 saturated carbocycles. The Hall–Kier alpha value is -5.80. The zero-order valence-corrected chi connectivity index (χ0v) is 25.6. The molecule has 0 spiro atoms. The number of hydrogen-bond donors (Lipinski definition) is 0. The van der Waals surface area contributed by atoms with Crippen LogP contribution in [0.4, 0.5) is 0 Å². The Morgan fingerprint density at radius 1 is 0.522 bits per heavy atom. The van der Waals surface area contributed by atoms with E-state index in [4.69, 9.17) is 9.97 Å². The molecule has 7 aromatic carbocycles.